The molecule has 0 saturated carbocycles. The normalized spacial score (nSPS) is 11.2. The van der Waals surface area contributed by atoms with Crippen LogP contribution in [0, 0.1) is 6.92 Å². The van der Waals surface area contributed by atoms with Crippen LogP contribution in [0.3, 0.4) is 0 Å². The predicted molar refractivity (Wildman–Crippen MR) is 123 cm³/mol. The Morgan fingerprint density at radius 2 is 1.63 bits per heavy atom. The molecule has 0 unspecified atom stereocenters. The quantitative estimate of drug-likeness (QED) is 0.524. The number of nitrogens with zero attached hydrogens (tertiary/aromatic N) is 1. The summed E-state index contributed by atoms with van der Waals surface area (Å²) in [6.45, 7) is 1.98. The molecule has 5 nitrogen and oxygen atoms in total. The zero-order valence-corrected chi connectivity index (χ0v) is 18.7. The summed E-state index contributed by atoms with van der Waals surface area (Å²) in [7, 11) is -3.52. The van der Waals surface area contributed by atoms with Crippen molar-refractivity contribution in [3.05, 3.63) is 93.5 Å². The topological polar surface area (TPSA) is 66.5 Å². The first-order valence-corrected chi connectivity index (χ1v) is 11.6. The van der Waals surface area contributed by atoms with Crippen molar-refractivity contribution in [2.75, 3.05) is 15.9 Å². The Bertz CT molecular complexity index is 1180. The molecule has 0 aliphatic heterocycles. The van der Waals surface area contributed by atoms with E-state index in [1.807, 2.05) is 6.92 Å². The highest BCUT2D eigenvalue weighted by Gasteiger charge is 2.18. The zero-order valence-electron chi connectivity index (χ0n) is 16.4. The first-order chi connectivity index (χ1) is 14.1. The van der Waals surface area contributed by atoms with E-state index in [1.54, 1.807) is 66.7 Å². The van der Waals surface area contributed by atoms with E-state index >= 15 is 0 Å². The minimum atomic E-state index is -3.52. The highest BCUT2D eigenvalue weighted by molar-refractivity contribution is 7.92. The third-order valence-corrected chi connectivity index (χ3v) is 6.09. The maximum absolute atomic E-state index is 12.5. The minimum Gasteiger partial charge on any atom is -0.322 e. The van der Waals surface area contributed by atoms with Crippen molar-refractivity contribution in [2.45, 2.75) is 13.5 Å². The van der Waals surface area contributed by atoms with E-state index in [1.165, 1.54) is 4.31 Å². The number of aryl methyl sites for hydroxylation is 1. The number of hydrogen-bond acceptors (Lipinski definition) is 3. The molecule has 1 N–H and O–H groups in total. The number of halogens is 2. The van der Waals surface area contributed by atoms with E-state index in [0.29, 0.717) is 27.0 Å². The fourth-order valence-corrected chi connectivity index (χ4v) is 4.21. The predicted octanol–water partition coefficient (Wildman–Crippen LogP) is 5.52. The molecule has 0 saturated heterocycles. The third-order valence-electron chi connectivity index (χ3n) is 4.48. The number of carbonyl (C=O) groups is 1. The fraction of sp³-hybridized carbons (Fsp3) is 0.136. The second-order valence-electron chi connectivity index (χ2n) is 6.86. The van der Waals surface area contributed by atoms with Gasteiger partial charge in [0.2, 0.25) is 10.0 Å². The number of anilines is 2. The largest absolute Gasteiger partial charge is 0.322 e. The standard InChI is InChI=1S/C22H20Cl2N2O3S/c1-15-12-19(24)10-11-21(15)25-22(27)17-8-6-16(7-9-17)14-26(30(2,28)29)20-5-3-4-18(23)13-20/h3-13H,14H2,1-2H3,(H,25,27). The van der Waals surface area contributed by atoms with Gasteiger partial charge in [-0.05, 0) is 66.6 Å². The average molecular weight is 463 g/mol. The summed E-state index contributed by atoms with van der Waals surface area (Å²) in [6.07, 6.45) is 1.14. The maximum atomic E-state index is 12.5. The van der Waals surface area contributed by atoms with E-state index in [0.717, 1.165) is 17.4 Å². The van der Waals surface area contributed by atoms with Crippen LogP contribution in [0.25, 0.3) is 0 Å². The number of amides is 1. The molecule has 3 aromatic carbocycles. The molecule has 0 radical (unpaired) electrons. The van der Waals surface area contributed by atoms with Gasteiger partial charge in [0, 0.05) is 21.3 Å². The van der Waals surface area contributed by atoms with Gasteiger partial charge in [-0.15, -0.1) is 0 Å². The Labute approximate surface area is 186 Å². The maximum Gasteiger partial charge on any atom is 0.255 e. The van der Waals surface area contributed by atoms with Gasteiger partial charge in [0.1, 0.15) is 0 Å². The van der Waals surface area contributed by atoms with Crippen LogP contribution in [-0.4, -0.2) is 20.6 Å². The fourth-order valence-electron chi connectivity index (χ4n) is 2.92. The molecule has 0 spiro atoms. The Kier molecular flexibility index (Phi) is 6.71. The summed E-state index contributed by atoms with van der Waals surface area (Å²) in [5.41, 5.74) is 3.21. The monoisotopic (exact) mass is 462 g/mol. The first-order valence-electron chi connectivity index (χ1n) is 9.03. The highest BCUT2D eigenvalue weighted by Crippen LogP contribution is 2.24. The molecule has 0 atom stereocenters. The molecular formula is C22H20Cl2N2O3S. The summed E-state index contributed by atoms with van der Waals surface area (Å²) < 4.78 is 25.9. The number of nitrogens with one attached hydrogen (secondary N) is 1. The summed E-state index contributed by atoms with van der Waals surface area (Å²) in [6, 6.07) is 18.7. The van der Waals surface area contributed by atoms with Gasteiger partial charge in [-0.2, -0.15) is 0 Å². The van der Waals surface area contributed by atoms with E-state index < -0.39 is 10.0 Å². The lowest BCUT2D eigenvalue weighted by atomic mass is 10.1. The Morgan fingerprint density at radius 3 is 2.23 bits per heavy atom. The molecule has 1 amide bonds. The molecule has 3 aromatic rings. The lowest BCUT2D eigenvalue weighted by molar-refractivity contribution is 0.102. The van der Waals surface area contributed by atoms with Gasteiger partial charge in [-0.25, -0.2) is 8.42 Å². The van der Waals surface area contributed by atoms with Crippen LogP contribution in [0.5, 0.6) is 0 Å². The third kappa shape index (κ3) is 5.53. The molecule has 30 heavy (non-hydrogen) atoms. The van der Waals surface area contributed by atoms with Gasteiger partial charge in [0.25, 0.3) is 5.91 Å². The van der Waals surface area contributed by atoms with Gasteiger partial charge in [-0.3, -0.25) is 9.10 Å². The highest BCUT2D eigenvalue weighted by atomic mass is 35.5. The molecule has 0 bridgehead atoms. The smallest absolute Gasteiger partial charge is 0.255 e. The Balaban J connectivity index is 1.77. The molecule has 156 valence electrons. The molecule has 0 aliphatic rings. The second-order valence-corrected chi connectivity index (χ2v) is 9.64. The summed E-state index contributed by atoms with van der Waals surface area (Å²) >= 11 is 12.0. The van der Waals surface area contributed by atoms with Crippen molar-refractivity contribution in [1.29, 1.82) is 0 Å². The number of sulfonamides is 1. The molecule has 0 aromatic heterocycles. The van der Waals surface area contributed by atoms with Gasteiger partial charge < -0.3 is 5.32 Å². The Hall–Kier alpha value is -2.54. The molecule has 8 heteroatoms. The molecule has 3 rings (SSSR count). The Morgan fingerprint density at radius 1 is 0.967 bits per heavy atom. The van der Waals surface area contributed by atoms with Crippen LogP contribution >= 0.6 is 23.2 Å². The van der Waals surface area contributed by atoms with Crippen LogP contribution in [0.4, 0.5) is 11.4 Å². The van der Waals surface area contributed by atoms with Crippen LogP contribution in [0.2, 0.25) is 10.0 Å². The molecule has 0 fully saturated rings. The lowest BCUT2D eigenvalue weighted by Crippen LogP contribution is -2.29. The number of hydrogen-bond donors (Lipinski definition) is 1. The first kappa shape index (κ1) is 22.2. The minimum absolute atomic E-state index is 0.122. The van der Waals surface area contributed by atoms with Gasteiger partial charge in [-0.1, -0.05) is 41.4 Å². The van der Waals surface area contributed by atoms with E-state index in [-0.39, 0.29) is 12.5 Å². The summed E-state index contributed by atoms with van der Waals surface area (Å²) in [5, 5.41) is 3.90. The van der Waals surface area contributed by atoms with Crippen LogP contribution in [0.1, 0.15) is 21.5 Å². The van der Waals surface area contributed by atoms with Crippen molar-refractivity contribution in [2.24, 2.45) is 0 Å². The van der Waals surface area contributed by atoms with Crippen molar-refractivity contribution < 1.29 is 13.2 Å². The van der Waals surface area contributed by atoms with Crippen molar-refractivity contribution in [1.82, 2.24) is 0 Å². The van der Waals surface area contributed by atoms with Crippen LogP contribution in [-0.2, 0) is 16.6 Å². The SMILES string of the molecule is Cc1cc(Cl)ccc1NC(=O)c1ccc(CN(c2cccc(Cl)c2)S(C)(=O)=O)cc1. The van der Waals surface area contributed by atoms with Gasteiger partial charge in [0.05, 0.1) is 18.5 Å². The van der Waals surface area contributed by atoms with Gasteiger partial charge >= 0.3 is 0 Å². The van der Waals surface area contributed by atoms with Crippen molar-refractivity contribution in [3.8, 4) is 0 Å². The molecule has 0 aliphatic carbocycles. The van der Waals surface area contributed by atoms with E-state index in [9.17, 15) is 13.2 Å². The van der Waals surface area contributed by atoms with Crippen molar-refractivity contribution >= 4 is 50.5 Å². The lowest BCUT2D eigenvalue weighted by Gasteiger charge is -2.22. The zero-order chi connectivity index (χ0) is 21.9. The average Bonchev–Trinajstić information content (AvgIpc) is 2.68. The van der Waals surface area contributed by atoms with Gasteiger partial charge in [0.15, 0.2) is 0 Å². The number of benzene rings is 3. The van der Waals surface area contributed by atoms with Crippen LogP contribution < -0.4 is 9.62 Å². The van der Waals surface area contributed by atoms with E-state index in [2.05, 4.69) is 5.32 Å². The summed E-state index contributed by atoms with van der Waals surface area (Å²) in [4.78, 5) is 12.5. The second kappa shape index (κ2) is 9.08. The number of rotatable bonds is 6. The molecule has 0 heterocycles. The van der Waals surface area contributed by atoms with E-state index in [4.69, 9.17) is 23.2 Å². The van der Waals surface area contributed by atoms with Crippen LogP contribution in [0.15, 0.2) is 66.7 Å². The summed E-state index contributed by atoms with van der Waals surface area (Å²) in [5.74, 6) is -0.262. The number of carbonyl (C=O) groups excluding carboxylic acids is 1. The van der Waals surface area contributed by atoms with Crippen molar-refractivity contribution in [3.63, 3.8) is 0 Å². The molecular weight excluding hydrogens is 443 g/mol.